The zero-order chi connectivity index (χ0) is 14.9. The van der Waals surface area contributed by atoms with E-state index in [4.69, 9.17) is 0 Å². The molecule has 0 spiro atoms. The second kappa shape index (κ2) is 5.99. The number of aromatic nitrogens is 2. The summed E-state index contributed by atoms with van der Waals surface area (Å²) in [6, 6.07) is 0.469. The molecule has 0 aliphatic carbocycles. The number of fused-ring (bicyclic) bond motifs is 1. The van der Waals surface area contributed by atoms with E-state index in [-0.39, 0.29) is 5.41 Å². The Labute approximate surface area is 127 Å². The normalized spacial score (nSPS) is 31.1. The molecule has 0 radical (unpaired) electrons. The molecule has 2 atom stereocenters. The molecule has 21 heavy (non-hydrogen) atoms. The Morgan fingerprint density at radius 3 is 2.76 bits per heavy atom. The minimum Gasteiger partial charge on any atom is -0.396 e. The van der Waals surface area contributed by atoms with Crippen molar-refractivity contribution < 1.29 is 5.11 Å². The molecular weight excluding hydrogens is 264 g/mol. The van der Waals surface area contributed by atoms with E-state index in [2.05, 4.69) is 26.8 Å². The number of hydrogen-bond donors (Lipinski definition) is 1. The Morgan fingerprint density at radius 1 is 1.29 bits per heavy atom. The highest BCUT2D eigenvalue weighted by Crippen LogP contribution is 2.41. The van der Waals surface area contributed by atoms with Crippen LogP contribution < -0.4 is 0 Å². The van der Waals surface area contributed by atoms with Crippen molar-refractivity contribution >= 4 is 0 Å². The molecule has 2 aliphatic heterocycles. The lowest BCUT2D eigenvalue weighted by Crippen LogP contribution is -2.61. The third kappa shape index (κ3) is 2.96. The van der Waals surface area contributed by atoms with Crippen LogP contribution in [0.4, 0.5) is 0 Å². The van der Waals surface area contributed by atoms with Crippen molar-refractivity contribution in [3.8, 4) is 0 Å². The summed E-state index contributed by atoms with van der Waals surface area (Å²) in [7, 11) is 2.20. The molecule has 1 N–H and O–H groups in total. The Hall–Kier alpha value is -1.04. The molecule has 2 unspecified atom stereocenters. The van der Waals surface area contributed by atoms with Crippen LogP contribution >= 0.6 is 0 Å². The standard InChI is InChI=1S/C16H26N4O/c1-13-17-8-14(9-18-13)10-20-7-5-16(12-21)4-3-6-19(2)15(16)11-20/h8-9,15,21H,3-7,10-12H2,1-2H3. The summed E-state index contributed by atoms with van der Waals surface area (Å²) in [5.41, 5.74) is 1.29. The van der Waals surface area contributed by atoms with E-state index in [0.717, 1.165) is 38.4 Å². The zero-order valence-electron chi connectivity index (χ0n) is 13.1. The van der Waals surface area contributed by atoms with Gasteiger partial charge < -0.3 is 10.0 Å². The van der Waals surface area contributed by atoms with Crippen molar-refractivity contribution in [1.29, 1.82) is 0 Å². The summed E-state index contributed by atoms with van der Waals surface area (Å²) in [5.74, 6) is 0.823. The molecule has 2 fully saturated rings. The molecule has 0 bridgehead atoms. The fourth-order valence-electron chi connectivity index (χ4n) is 3.98. The van der Waals surface area contributed by atoms with Gasteiger partial charge in [-0.25, -0.2) is 9.97 Å². The Balaban J connectivity index is 1.69. The number of aryl methyl sites for hydroxylation is 1. The average Bonchev–Trinajstić information content (AvgIpc) is 2.50. The molecule has 0 saturated carbocycles. The molecule has 1 aromatic heterocycles. The van der Waals surface area contributed by atoms with Gasteiger partial charge >= 0.3 is 0 Å². The van der Waals surface area contributed by atoms with Gasteiger partial charge in [0.2, 0.25) is 0 Å². The van der Waals surface area contributed by atoms with Gasteiger partial charge in [-0.3, -0.25) is 4.90 Å². The minimum atomic E-state index is 0.118. The van der Waals surface area contributed by atoms with Crippen molar-refractivity contribution in [2.45, 2.75) is 38.8 Å². The van der Waals surface area contributed by atoms with E-state index in [1.807, 2.05) is 19.3 Å². The summed E-state index contributed by atoms with van der Waals surface area (Å²) in [6.07, 6.45) is 7.33. The highest BCUT2D eigenvalue weighted by molar-refractivity contribution is 5.07. The molecule has 116 valence electrons. The summed E-state index contributed by atoms with van der Waals surface area (Å²) in [5, 5.41) is 9.94. The first-order valence-electron chi connectivity index (χ1n) is 7.94. The van der Waals surface area contributed by atoms with E-state index in [9.17, 15) is 5.11 Å². The smallest absolute Gasteiger partial charge is 0.125 e. The fourth-order valence-corrected chi connectivity index (χ4v) is 3.98. The second-order valence-electron chi connectivity index (χ2n) is 6.74. The van der Waals surface area contributed by atoms with Gasteiger partial charge in [0.15, 0.2) is 0 Å². The van der Waals surface area contributed by atoms with Crippen molar-refractivity contribution in [2.24, 2.45) is 5.41 Å². The predicted molar refractivity (Wildman–Crippen MR) is 81.8 cm³/mol. The fraction of sp³-hybridized carbons (Fsp3) is 0.750. The van der Waals surface area contributed by atoms with Crippen molar-refractivity contribution in [3.05, 3.63) is 23.8 Å². The highest BCUT2D eigenvalue weighted by atomic mass is 16.3. The van der Waals surface area contributed by atoms with Crippen LogP contribution in [-0.4, -0.2) is 64.2 Å². The Morgan fingerprint density at radius 2 is 2.05 bits per heavy atom. The molecule has 0 amide bonds. The maximum Gasteiger partial charge on any atom is 0.125 e. The van der Waals surface area contributed by atoms with Gasteiger partial charge in [0.1, 0.15) is 5.82 Å². The van der Waals surface area contributed by atoms with E-state index in [0.29, 0.717) is 12.6 Å². The zero-order valence-corrected chi connectivity index (χ0v) is 13.1. The molecule has 3 rings (SSSR count). The van der Waals surface area contributed by atoms with Crippen LogP contribution in [0.3, 0.4) is 0 Å². The quantitative estimate of drug-likeness (QED) is 0.902. The van der Waals surface area contributed by atoms with Crippen molar-refractivity contribution in [1.82, 2.24) is 19.8 Å². The summed E-state index contributed by atoms with van der Waals surface area (Å²) in [4.78, 5) is 13.5. The number of likely N-dealkylation sites (tertiary alicyclic amines) is 2. The van der Waals surface area contributed by atoms with E-state index in [1.165, 1.54) is 18.4 Å². The van der Waals surface area contributed by atoms with Crippen LogP contribution in [0.25, 0.3) is 0 Å². The number of rotatable bonds is 3. The van der Waals surface area contributed by atoms with Gasteiger partial charge in [-0.2, -0.15) is 0 Å². The van der Waals surface area contributed by atoms with Gasteiger partial charge in [0.25, 0.3) is 0 Å². The van der Waals surface area contributed by atoms with Gasteiger partial charge in [0, 0.05) is 42.5 Å². The number of nitrogens with zero attached hydrogens (tertiary/aromatic N) is 4. The topological polar surface area (TPSA) is 52.5 Å². The lowest BCUT2D eigenvalue weighted by atomic mass is 9.69. The maximum absolute atomic E-state index is 9.94. The average molecular weight is 290 g/mol. The number of aliphatic hydroxyl groups is 1. The second-order valence-corrected chi connectivity index (χ2v) is 6.74. The summed E-state index contributed by atoms with van der Waals surface area (Å²) < 4.78 is 0. The predicted octanol–water partition coefficient (Wildman–Crippen LogP) is 1.06. The molecule has 1 aromatic rings. The van der Waals surface area contributed by atoms with Crippen LogP contribution in [0.2, 0.25) is 0 Å². The van der Waals surface area contributed by atoms with Crippen LogP contribution in [0.1, 0.15) is 30.7 Å². The molecular formula is C16H26N4O. The summed E-state index contributed by atoms with van der Waals surface area (Å²) in [6.45, 7) is 6.38. The number of likely N-dealkylation sites (N-methyl/N-ethyl adjacent to an activating group) is 1. The third-order valence-corrected chi connectivity index (χ3v) is 5.34. The van der Waals surface area contributed by atoms with Crippen LogP contribution in [-0.2, 0) is 6.54 Å². The monoisotopic (exact) mass is 290 g/mol. The van der Waals surface area contributed by atoms with Crippen molar-refractivity contribution in [3.63, 3.8) is 0 Å². The first-order valence-corrected chi connectivity index (χ1v) is 7.94. The minimum absolute atomic E-state index is 0.118. The Kier molecular flexibility index (Phi) is 4.24. The molecule has 5 heteroatoms. The molecule has 0 aromatic carbocycles. The van der Waals surface area contributed by atoms with Gasteiger partial charge in [-0.15, -0.1) is 0 Å². The first-order chi connectivity index (χ1) is 10.1. The number of aliphatic hydroxyl groups excluding tert-OH is 1. The summed E-state index contributed by atoms with van der Waals surface area (Å²) >= 11 is 0. The SMILES string of the molecule is Cc1ncc(CN2CCC3(CO)CCCN(C)C3C2)cn1. The van der Waals surface area contributed by atoms with Gasteiger partial charge in [-0.1, -0.05) is 0 Å². The lowest BCUT2D eigenvalue weighted by molar-refractivity contribution is -0.0684. The van der Waals surface area contributed by atoms with Crippen molar-refractivity contribution in [2.75, 3.05) is 33.3 Å². The Bertz CT molecular complexity index is 478. The molecule has 5 nitrogen and oxygen atoms in total. The van der Waals surface area contributed by atoms with Crippen LogP contribution in [0, 0.1) is 12.3 Å². The van der Waals surface area contributed by atoms with E-state index >= 15 is 0 Å². The van der Waals surface area contributed by atoms with Crippen LogP contribution in [0.15, 0.2) is 12.4 Å². The molecule has 2 saturated heterocycles. The van der Waals surface area contributed by atoms with E-state index in [1.54, 1.807) is 0 Å². The van der Waals surface area contributed by atoms with E-state index < -0.39 is 0 Å². The van der Waals surface area contributed by atoms with Gasteiger partial charge in [0.05, 0.1) is 6.61 Å². The number of piperidine rings is 2. The highest BCUT2D eigenvalue weighted by Gasteiger charge is 2.46. The van der Waals surface area contributed by atoms with Crippen LogP contribution in [0.5, 0.6) is 0 Å². The molecule has 3 heterocycles. The number of hydrogen-bond acceptors (Lipinski definition) is 5. The third-order valence-electron chi connectivity index (χ3n) is 5.34. The maximum atomic E-state index is 9.94. The first kappa shape index (κ1) is 14.9. The van der Waals surface area contributed by atoms with Gasteiger partial charge in [-0.05, 0) is 46.3 Å². The largest absolute Gasteiger partial charge is 0.396 e. The lowest BCUT2D eigenvalue weighted by Gasteiger charge is -2.53. The molecule has 2 aliphatic rings.